The van der Waals surface area contributed by atoms with Gasteiger partial charge in [-0.1, -0.05) is 73.2 Å². The van der Waals surface area contributed by atoms with Crippen molar-refractivity contribution in [3.05, 3.63) is 95.6 Å². The molecule has 2 bridgehead atoms. The lowest BCUT2D eigenvalue weighted by Crippen LogP contribution is -2.44. The van der Waals surface area contributed by atoms with E-state index in [1.807, 2.05) is 24.3 Å². The SMILES string of the molecule is CN(CCCCCc1ccccc1)C1C2CC[C@H]1[C@H](OC(=O)C1(O)c3ccccc3Oc3ccccc31)C2. The number of fused-ring (bicyclic) bond motifs is 4. The average molecular weight is 512 g/mol. The summed E-state index contributed by atoms with van der Waals surface area (Å²) in [5, 5.41) is 11.9. The number of aryl methyl sites for hydroxylation is 1. The summed E-state index contributed by atoms with van der Waals surface area (Å²) < 4.78 is 12.2. The summed E-state index contributed by atoms with van der Waals surface area (Å²) in [6, 6.07) is 25.5. The lowest BCUT2D eigenvalue weighted by molar-refractivity contribution is -0.171. The summed E-state index contributed by atoms with van der Waals surface area (Å²) in [6.45, 7) is 1.06. The summed E-state index contributed by atoms with van der Waals surface area (Å²) in [5.41, 5.74) is 0.413. The quantitative estimate of drug-likeness (QED) is 0.279. The Bertz CT molecular complexity index is 1230. The van der Waals surface area contributed by atoms with Crippen molar-refractivity contribution in [2.45, 2.75) is 62.7 Å². The number of unbranched alkanes of at least 4 members (excludes halogenated alkanes) is 2. The van der Waals surface area contributed by atoms with Crippen molar-refractivity contribution in [3.63, 3.8) is 0 Å². The maximum absolute atomic E-state index is 13.8. The maximum atomic E-state index is 13.8. The van der Waals surface area contributed by atoms with Crippen molar-refractivity contribution in [2.24, 2.45) is 11.8 Å². The van der Waals surface area contributed by atoms with Gasteiger partial charge in [-0.25, -0.2) is 4.79 Å². The molecule has 0 amide bonds. The monoisotopic (exact) mass is 511 g/mol. The molecular formula is C33H37NO4. The lowest BCUT2D eigenvalue weighted by Gasteiger charge is -2.35. The second kappa shape index (κ2) is 10.5. The van der Waals surface area contributed by atoms with Crippen LogP contribution in [-0.2, 0) is 21.6 Å². The van der Waals surface area contributed by atoms with E-state index in [2.05, 4.69) is 42.3 Å². The first-order chi connectivity index (χ1) is 18.6. The molecule has 3 aromatic carbocycles. The van der Waals surface area contributed by atoms with Gasteiger partial charge in [0.15, 0.2) is 0 Å². The Morgan fingerprint density at radius 3 is 2.29 bits per heavy atom. The third-order valence-corrected chi connectivity index (χ3v) is 8.96. The van der Waals surface area contributed by atoms with E-state index >= 15 is 0 Å². The van der Waals surface area contributed by atoms with Crippen LogP contribution in [0.3, 0.4) is 0 Å². The summed E-state index contributed by atoms with van der Waals surface area (Å²) in [5.74, 6) is 1.23. The van der Waals surface area contributed by atoms with Crippen molar-refractivity contribution < 1.29 is 19.4 Å². The van der Waals surface area contributed by atoms with E-state index in [0.717, 1.165) is 25.8 Å². The molecule has 38 heavy (non-hydrogen) atoms. The van der Waals surface area contributed by atoms with E-state index in [9.17, 15) is 9.90 Å². The van der Waals surface area contributed by atoms with Gasteiger partial charge in [0.1, 0.15) is 17.6 Å². The van der Waals surface area contributed by atoms with Gasteiger partial charge in [0.05, 0.1) is 0 Å². The van der Waals surface area contributed by atoms with Crippen molar-refractivity contribution in [2.75, 3.05) is 13.6 Å². The van der Waals surface area contributed by atoms with E-state index in [4.69, 9.17) is 9.47 Å². The predicted molar refractivity (Wildman–Crippen MR) is 147 cm³/mol. The molecule has 198 valence electrons. The van der Waals surface area contributed by atoms with Gasteiger partial charge in [0, 0.05) is 23.1 Å². The second-order valence-corrected chi connectivity index (χ2v) is 11.3. The Morgan fingerprint density at radius 2 is 1.58 bits per heavy atom. The van der Waals surface area contributed by atoms with E-state index in [-0.39, 0.29) is 6.10 Å². The highest BCUT2D eigenvalue weighted by molar-refractivity contribution is 5.88. The molecule has 0 spiro atoms. The molecule has 6 rings (SSSR count). The minimum atomic E-state index is -1.88. The molecule has 2 fully saturated rings. The number of rotatable bonds is 9. The molecule has 2 saturated carbocycles. The van der Waals surface area contributed by atoms with Gasteiger partial charge in [-0.15, -0.1) is 0 Å². The Kier molecular flexibility index (Phi) is 6.98. The van der Waals surface area contributed by atoms with Crippen LogP contribution < -0.4 is 4.74 Å². The number of esters is 1. The summed E-state index contributed by atoms with van der Waals surface area (Å²) in [6.07, 6.45) is 7.70. The third-order valence-electron chi connectivity index (χ3n) is 8.96. The van der Waals surface area contributed by atoms with Crippen LogP contribution in [0.5, 0.6) is 11.5 Å². The molecule has 1 aliphatic heterocycles. The number of benzene rings is 3. The van der Waals surface area contributed by atoms with Crippen molar-refractivity contribution in [1.29, 1.82) is 0 Å². The molecule has 0 aromatic heterocycles. The maximum Gasteiger partial charge on any atom is 0.348 e. The molecule has 5 heteroatoms. The van der Waals surface area contributed by atoms with E-state index in [0.29, 0.717) is 40.5 Å². The van der Waals surface area contributed by atoms with E-state index < -0.39 is 11.6 Å². The number of nitrogens with zero attached hydrogens (tertiary/aromatic N) is 1. The van der Waals surface area contributed by atoms with Crippen molar-refractivity contribution in [3.8, 4) is 11.5 Å². The van der Waals surface area contributed by atoms with Crippen molar-refractivity contribution >= 4 is 5.97 Å². The molecule has 0 saturated heterocycles. The van der Waals surface area contributed by atoms with Gasteiger partial charge in [-0.05, 0) is 75.7 Å². The third kappa shape index (κ3) is 4.52. The standard InChI is InChI=1S/C33H37NO4/c1-34(21-11-3-6-14-23-12-4-2-5-13-23)31-24-19-20-25(31)30(22-24)38-32(35)33(36)26-15-7-9-17-28(26)37-29-18-10-8-16-27(29)33/h2,4-5,7-10,12-13,15-18,24-25,30-31,36H,3,6,11,14,19-22H2,1H3/t24?,25-,30+,31?/m0/s1. The first-order valence-corrected chi connectivity index (χ1v) is 14.1. The minimum absolute atomic E-state index is 0.169. The van der Waals surface area contributed by atoms with Crippen LogP contribution in [0.25, 0.3) is 0 Å². The lowest BCUT2D eigenvalue weighted by atomic mass is 9.83. The van der Waals surface area contributed by atoms with Crippen LogP contribution in [0.2, 0.25) is 0 Å². The van der Waals surface area contributed by atoms with E-state index in [1.54, 1.807) is 24.3 Å². The molecule has 4 atom stereocenters. The van der Waals surface area contributed by atoms with Crippen LogP contribution in [0.1, 0.15) is 55.2 Å². The van der Waals surface area contributed by atoms with Gasteiger partial charge in [-0.2, -0.15) is 0 Å². The van der Waals surface area contributed by atoms with Gasteiger partial charge in [0.25, 0.3) is 0 Å². The zero-order valence-corrected chi connectivity index (χ0v) is 22.1. The highest BCUT2D eigenvalue weighted by Gasteiger charge is 2.54. The normalized spacial score (nSPS) is 24.5. The van der Waals surface area contributed by atoms with Crippen LogP contribution in [0.15, 0.2) is 78.9 Å². The van der Waals surface area contributed by atoms with Crippen LogP contribution in [0, 0.1) is 11.8 Å². The van der Waals surface area contributed by atoms with Gasteiger partial charge < -0.3 is 19.5 Å². The summed E-state index contributed by atoms with van der Waals surface area (Å²) >= 11 is 0. The Morgan fingerprint density at radius 1 is 0.921 bits per heavy atom. The molecule has 2 aliphatic carbocycles. The molecule has 5 nitrogen and oxygen atoms in total. The highest BCUT2D eigenvalue weighted by atomic mass is 16.6. The fourth-order valence-electron chi connectivity index (χ4n) is 7.13. The zero-order chi connectivity index (χ0) is 26.1. The summed E-state index contributed by atoms with van der Waals surface area (Å²) in [4.78, 5) is 16.3. The van der Waals surface area contributed by atoms with Crippen LogP contribution in [0.4, 0.5) is 0 Å². The smallest absolute Gasteiger partial charge is 0.348 e. The first kappa shape index (κ1) is 25.1. The molecular weight excluding hydrogens is 474 g/mol. The Hall–Kier alpha value is -3.15. The summed E-state index contributed by atoms with van der Waals surface area (Å²) in [7, 11) is 2.23. The topological polar surface area (TPSA) is 59.0 Å². The second-order valence-electron chi connectivity index (χ2n) is 11.3. The Labute approximate surface area is 225 Å². The molecule has 1 N–H and O–H groups in total. The number of aliphatic hydroxyl groups is 1. The molecule has 2 unspecified atom stereocenters. The number of carbonyl (C=O) groups is 1. The molecule has 3 aliphatic rings. The van der Waals surface area contributed by atoms with Crippen LogP contribution >= 0.6 is 0 Å². The zero-order valence-electron chi connectivity index (χ0n) is 22.1. The molecule has 0 radical (unpaired) electrons. The van der Waals surface area contributed by atoms with Gasteiger partial charge in [-0.3, -0.25) is 0 Å². The molecule has 3 aromatic rings. The van der Waals surface area contributed by atoms with E-state index in [1.165, 1.54) is 31.2 Å². The van der Waals surface area contributed by atoms with Crippen molar-refractivity contribution in [1.82, 2.24) is 4.90 Å². The predicted octanol–water partition coefficient (Wildman–Crippen LogP) is 6.08. The fourth-order valence-corrected chi connectivity index (χ4v) is 7.13. The minimum Gasteiger partial charge on any atom is -0.459 e. The fraction of sp³-hybridized carbons (Fsp3) is 0.424. The van der Waals surface area contributed by atoms with Gasteiger partial charge in [0.2, 0.25) is 5.60 Å². The number of carbonyl (C=O) groups excluding carboxylic acids is 1. The largest absolute Gasteiger partial charge is 0.459 e. The first-order valence-electron chi connectivity index (χ1n) is 14.1. The highest BCUT2D eigenvalue weighted by Crippen LogP contribution is 2.51. The van der Waals surface area contributed by atoms with Crippen LogP contribution in [-0.4, -0.2) is 41.7 Å². The van der Waals surface area contributed by atoms with Gasteiger partial charge >= 0.3 is 5.97 Å². The number of hydrogen-bond donors (Lipinski definition) is 1. The number of para-hydroxylation sites is 2. The molecule has 1 heterocycles. The Balaban J connectivity index is 1.10. The number of hydrogen-bond acceptors (Lipinski definition) is 5. The average Bonchev–Trinajstić information content (AvgIpc) is 3.51. The number of ether oxygens (including phenoxy) is 2.